The molecule has 4 atom stereocenters. The van der Waals surface area contributed by atoms with Crippen molar-refractivity contribution in [1.82, 2.24) is 0 Å². The van der Waals surface area contributed by atoms with Crippen molar-refractivity contribution in [2.75, 3.05) is 0 Å². The van der Waals surface area contributed by atoms with E-state index in [0.29, 0.717) is 6.42 Å². The summed E-state index contributed by atoms with van der Waals surface area (Å²) >= 11 is 0. The minimum atomic E-state index is -0.881. The molecule has 1 fully saturated rings. The molecule has 1 saturated carbocycles. The van der Waals surface area contributed by atoms with Gasteiger partial charge in [0.25, 0.3) is 0 Å². The SMILES string of the molecule is C=CC1(C)C=CC2(O1)C(C)C(=O)C(O)CC2(C)C. The van der Waals surface area contributed by atoms with Crippen molar-refractivity contribution < 1.29 is 14.6 Å². The van der Waals surface area contributed by atoms with Gasteiger partial charge in [-0.3, -0.25) is 4.79 Å². The molecule has 0 aromatic carbocycles. The molecule has 100 valence electrons. The molecule has 0 amide bonds. The first-order chi connectivity index (χ1) is 8.17. The molecule has 0 aromatic heterocycles. The first-order valence-electron chi connectivity index (χ1n) is 6.43. The zero-order valence-corrected chi connectivity index (χ0v) is 11.6. The predicted molar refractivity (Wildman–Crippen MR) is 70.1 cm³/mol. The molecule has 1 heterocycles. The van der Waals surface area contributed by atoms with Crippen LogP contribution in [-0.4, -0.2) is 28.2 Å². The normalized spacial score (nSPS) is 46.6. The van der Waals surface area contributed by atoms with E-state index in [2.05, 4.69) is 6.58 Å². The molecular weight excluding hydrogens is 228 g/mol. The Morgan fingerprint density at radius 1 is 1.44 bits per heavy atom. The summed E-state index contributed by atoms with van der Waals surface area (Å²) in [4.78, 5) is 12.1. The van der Waals surface area contributed by atoms with Gasteiger partial charge in [-0.2, -0.15) is 0 Å². The second-order valence-electron chi connectivity index (χ2n) is 6.34. The molecule has 4 unspecified atom stereocenters. The third-order valence-corrected chi connectivity index (χ3v) is 4.62. The Hall–Kier alpha value is -0.930. The lowest BCUT2D eigenvalue weighted by Gasteiger charge is -2.52. The highest BCUT2D eigenvalue weighted by atomic mass is 16.5. The minimum Gasteiger partial charge on any atom is -0.385 e. The standard InChI is InChI=1S/C15H22O3/c1-6-14(5)7-8-15(18-14)10(2)12(17)11(16)9-13(15,3)4/h6-8,10-11,16H,1,9H2,2-5H3. The lowest BCUT2D eigenvalue weighted by atomic mass is 9.59. The molecule has 3 nitrogen and oxygen atoms in total. The van der Waals surface area contributed by atoms with Crippen LogP contribution >= 0.6 is 0 Å². The van der Waals surface area contributed by atoms with Gasteiger partial charge in [-0.25, -0.2) is 0 Å². The van der Waals surface area contributed by atoms with Crippen LogP contribution in [0.4, 0.5) is 0 Å². The predicted octanol–water partition coefficient (Wildman–Crippen LogP) is 2.25. The van der Waals surface area contributed by atoms with E-state index in [1.165, 1.54) is 0 Å². The summed E-state index contributed by atoms with van der Waals surface area (Å²) in [6.07, 6.45) is 5.24. The Morgan fingerprint density at radius 2 is 2.06 bits per heavy atom. The average molecular weight is 250 g/mol. The Labute approximate surface area is 109 Å². The van der Waals surface area contributed by atoms with Crippen LogP contribution < -0.4 is 0 Å². The van der Waals surface area contributed by atoms with Gasteiger partial charge in [-0.1, -0.05) is 45.6 Å². The van der Waals surface area contributed by atoms with Crippen molar-refractivity contribution in [2.24, 2.45) is 11.3 Å². The van der Waals surface area contributed by atoms with E-state index in [4.69, 9.17) is 4.74 Å². The zero-order chi connectivity index (χ0) is 13.8. The number of ketones is 1. The maximum Gasteiger partial charge on any atom is 0.167 e. The molecule has 3 heteroatoms. The molecule has 0 bridgehead atoms. The maximum absolute atomic E-state index is 12.1. The Balaban J connectivity index is 2.46. The van der Waals surface area contributed by atoms with Crippen LogP contribution in [-0.2, 0) is 9.53 Å². The van der Waals surface area contributed by atoms with Crippen LogP contribution in [0.15, 0.2) is 24.8 Å². The molecule has 18 heavy (non-hydrogen) atoms. The maximum atomic E-state index is 12.1. The molecule has 2 rings (SSSR count). The summed E-state index contributed by atoms with van der Waals surface area (Å²) in [5, 5.41) is 9.87. The number of Topliss-reactive ketones (excluding diaryl/α,β-unsaturated/α-hetero) is 1. The molecule has 0 radical (unpaired) electrons. The second-order valence-corrected chi connectivity index (χ2v) is 6.34. The number of ether oxygens (including phenoxy) is 1. The zero-order valence-electron chi connectivity index (χ0n) is 11.6. The van der Waals surface area contributed by atoms with Crippen molar-refractivity contribution in [3.8, 4) is 0 Å². The van der Waals surface area contributed by atoms with Crippen LogP contribution in [0.2, 0.25) is 0 Å². The fraction of sp³-hybridized carbons (Fsp3) is 0.667. The lowest BCUT2D eigenvalue weighted by Crippen LogP contribution is -2.60. The molecule has 1 N–H and O–H groups in total. The van der Waals surface area contributed by atoms with Gasteiger partial charge < -0.3 is 9.84 Å². The molecule has 1 aliphatic carbocycles. The van der Waals surface area contributed by atoms with E-state index >= 15 is 0 Å². The Kier molecular flexibility index (Phi) is 2.84. The van der Waals surface area contributed by atoms with Crippen molar-refractivity contribution in [1.29, 1.82) is 0 Å². The summed E-state index contributed by atoms with van der Waals surface area (Å²) in [7, 11) is 0. The summed E-state index contributed by atoms with van der Waals surface area (Å²) in [5.41, 5.74) is -1.47. The van der Waals surface area contributed by atoms with Crippen LogP contribution in [0.1, 0.15) is 34.1 Å². The third kappa shape index (κ3) is 1.61. The topological polar surface area (TPSA) is 46.5 Å². The highest BCUT2D eigenvalue weighted by Gasteiger charge is 2.60. The van der Waals surface area contributed by atoms with E-state index < -0.39 is 17.3 Å². The second kappa shape index (κ2) is 3.78. The van der Waals surface area contributed by atoms with E-state index in [1.54, 1.807) is 6.08 Å². The summed E-state index contributed by atoms with van der Waals surface area (Å²) < 4.78 is 6.21. The lowest BCUT2D eigenvalue weighted by molar-refractivity contribution is -0.188. The number of aliphatic hydroxyl groups excluding tert-OH is 1. The number of hydrogen-bond acceptors (Lipinski definition) is 3. The fourth-order valence-corrected chi connectivity index (χ4v) is 3.26. The first kappa shape index (κ1) is 13.5. The van der Waals surface area contributed by atoms with Gasteiger partial charge in [0.2, 0.25) is 0 Å². The van der Waals surface area contributed by atoms with Gasteiger partial charge in [-0.05, 0) is 13.3 Å². The number of aliphatic hydroxyl groups is 1. The molecule has 2 aliphatic rings. The summed E-state index contributed by atoms with van der Waals surface area (Å²) in [5.74, 6) is -0.485. The highest BCUT2D eigenvalue weighted by Crippen LogP contribution is 2.53. The van der Waals surface area contributed by atoms with Crippen LogP contribution in [0, 0.1) is 11.3 Å². The van der Waals surface area contributed by atoms with E-state index in [1.807, 2.05) is 39.8 Å². The number of rotatable bonds is 1. The number of carbonyl (C=O) groups is 1. The van der Waals surface area contributed by atoms with Crippen LogP contribution in [0.25, 0.3) is 0 Å². The third-order valence-electron chi connectivity index (χ3n) is 4.62. The van der Waals surface area contributed by atoms with Crippen molar-refractivity contribution >= 4 is 5.78 Å². The molecule has 0 saturated heterocycles. The Morgan fingerprint density at radius 3 is 2.56 bits per heavy atom. The van der Waals surface area contributed by atoms with Crippen molar-refractivity contribution in [3.05, 3.63) is 24.8 Å². The molecule has 0 aromatic rings. The Bertz CT molecular complexity index is 423. The van der Waals surface area contributed by atoms with Gasteiger partial charge in [0.15, 0.2) is 5.78 Å². The van der Waals surface area contributed by atoms with Crippen molar-refractivity contribution in [3.63, 3.8) is 0 Å². The average Bonchev–Trinajstić information content (AvgIpc) is 2.66. The van der Waals surface area contributed by atoms with E-state index in [-0.39, 0.29) is 17.1 Å². The molecular formula is C15H22O3. The van der Waals surface area contributed by atoms with Gasteiger partial charge in [0.1, 0.15) is 17.3 Å². The van der Waals surface area contributed by atoms with Gasteiger partial charge in [-0.15, -0.1) is 0 Å². The van der Waals surface area contributed by atoms with Gasteiger partial charge in [0.05, 0.1) is 5.92 Å². The van der Waals surface area contributed by atoms with Crippen LogP contribution in [0.3, 0.4) is 0 Å². The smallest absolute Gasteiger partial charge is 0.167 e. The summed E-state index contributed by atoms with van der Waals surface area (Å²) in [6, 6.07) is 0. The monoisotopic (exact) mass is 250 g/mol. The van der Waals surface area contributed by atoms with E-state index in [9.17, 15) is 9.90 Å². The molecule has 1 spiro atoms. The minimum absolute atomic E-state index is 0.132. The van der Waals surface area contributed by atoms with Crippen LogP contribution in [0.5, 0.6) is 0 Å². The molecule has 1 aliphatic heterocycles. The fourth-order valence-electron chi connectivity index (χ4n) is 3.26. The van der Waals surface area contributed by atoms with Gasteiger partial charge in [0, 0.05) is 5.41 Å². The van der Waals surface area contributed by atoms with Gasteiger partial charge >= 0.3 is 0 Å². The largest absolute Gasteiger partial charge is 0.385 e. The number of hydrogen-bond donors (Lipinski definition) is 1. The first-order valence-corrected chi connectivity index (χ1v) is 6.43. The summed E-state index contributed by atoms with van der Waals surface area (Å²) in [6.45, 7) is 11.6. The van der Waals surface area contributed by atoms with Crippen molar-refractivity contribution in [2.45, 2.75) is 51.4 Å². The quantitative estimate of drug-likeness (QED) is 0.726. The number of carbonyl (C=O) groups excluding carboxylic acids is 1. The van der Waals surface area contributed by atoms with E-state index in [0.717, 1.165) is 0 Å². The highest BCUT2D eigenvalue weighted by molar-refractivity contribution is 5.88.